The number of nitrogens with one attached hydrogen (secondary N) is 1. The fourth-order valence-corrected chi connectivity index (χ4v) is 2.50. The lowest BCUT2D eigenvalue weighted by molar-refractivity contribution is 0.227. The maximum atomic E-state index is 3.60. The topological polar surface area (TPSA) is 12.0 Å². The van der Waals surface area contributed by atoms with Crippen molar-refractivity contribution in [1.29, 1.82) is 0 Å². The van der Waals surface area contributed by atoms with Crippen LogP contribution in [0, 0.1) is 5.41 Å². The van der Waals surface area contributed by atoms with E-state index in [1.54, 1.807) is 0 Å². The second-order valence-electron chi connectivity index (χ2n) is 4.48. The molecule has 0 fully saturated rings. The van der Waals surface area contributed by atoms with E-state index in [0.29, 0.717) is 5.41 Å². The van der Waals surface area contributed by atoms with Crippen LogP contribution in [0.4, 0.5) is 0 Å². The van der Waals surface area contributed by atoms with Gasteiger partial charge in [0.1, 0.15) is 0 Å². The molecule has 0 saturated heterocycles. The number of rotatable bonds is 10. The van der Waals surface area contributed by atoms with Crippen LogP contribution in [0.3, 0.4) is 0 Å². The molecule has 0 radical (unpaired) electrons. The van der Waals surface area contributed by atoms with E-state index in [2.05, 4.69) is 32.3 Å². The first-order chi connectivity index (χ1) is 7.24. The molecular weight excluding hydrogens is 202 g/mol. The first-order valence-corrected chi connectivity index (χ1v) is 7.83. The van der Waals surface area contributed by atoms with Crippen molar-refractivity contribution in [3.8, 4) is 0 Å². The van der Waals surface area contributed by atoms with Crippen molar-refractivity contribution in [3.63, 3.8) is 0 Å². The van der Waals surface area contributed by atoms with Crippen LogP contribution in [-0.4, -0.2) is 25.1 Å². The summed E-state index contributed by atoms with van der Waals surface area (Å²) in [6.45, 7) is 9.30. The average Bonchev–Trinajstić information content (AvgIpc) is 2.28. The molecule has 0 aromatic heterocycles. The Morgan fingerprint density at radius 2 is 1.80 bits per heavy atom. The molecule has 0 aromatic carbocycles. The van der Waals surface area contributed by atoms with Gasteiger partial charge in [-0.2, -0.15) is 11.8 Å². The minimum Gasteiger partial charge on any atom is -0.316 e. The number of hydrogen-bond acceptors (Lipinski definition) is 2. The van der Waals surface area contributed by atoms with E-state index in [0.717, 1.165) is 0 Å². The molecule has 0 saturated carbocycles. The van der Waals surface area contributed by atoms with Crippen LogP contribution in [-0.2, 0) is 0 Å². The molecule has 0 aliphatic carbocycles. The molecule has 0 aliphatic rings. The smallest absolute Gasteiger partial charge is 0.000760 e. The average molecular weight is 231 g/mol. The Bertz CT molecular complexity index is 120. The zero-order chi connectivity index (χ0) is 11.6. The summed E-state index contributed by atoms with van der Waals surface area (Å²) in [7, 11) is 0. The minimum atomic E-state index is 0.560. The van der Waals surface area contributed by atoms with Gasteiger partial charge in [0.15, 0.2) is 0 Å². The molecule has 0 amide bonds. The van der Waals surface area contributed by atoms with Gasteiger partial charge in [-0.1, -0.05) is 20.8 Å². The fraction of sp³-hybridized carbons (Fsp3) is 1.00. The standard InChI is InChI=1S/C13H29NS/c1-5-10-14-12-13(6-2,7-3)9-8-11-15-4/h14H,5-12H2,1-4H3. The Morgan fingerprint density at radius 3 is 2.27 bits per heavy atom. The van der Waals surface area contributed by atoms with Gasteiger partial charge in [-0.05, 0) is 56.1 Å². The van der Waals surface area contributed by atoms with Crippen LogP contribution >= 0.6 is 11.8 Å². The van der Waals surface area contributed by atoms with Crippen molar-refractivity contribution in [2.75, 3.05) is 25.1 Å². The van der Waals surface area contributed by atoms with Crippen molar-refractivity contribution in [1.82, 2.24) is 5.32 Å². The Morgan fingerprint density at radius 1 is 1.13 bits per heavy atom. The second kappa shape index (κ2) is 9.53. The van der Waals surface area contributed by atoms with Crippen molar-refractivity contribution in [2.24, 2.45) is 5.41 Å². The third-order valence-corrected chi connectivity index (χ3v) is 4.18. The lowest BCUT2D eigenvalue weighted by atomic mass is 9.78. The van der Waals surface area contributed by atoms with Gasteiger partial charge in [-0.25, -0.2) is 0 Å². The molecule has 0 unspecified atom stereocenters. The SMILES string of the molecule is CCCNCC(CC)(CC)CCCSC. The normalized spacial score (nSPS) is 12.0. The van der Waals surface area contributed by atoms with Crippen LogP contribution in [0.1, 0.15) is 52.9 Å². The van der Waals surface area contributed by atoms with Crippen LogP contribution in [0.25, 0.3) is 0 Å². The van der Waals surface area contributed by atoms with Gasteiger partial charge in [0.2, 0.25) is 0 Å². The van der Waals surface area contributed by atoms with E-state index in [9.17, 15) is 0 Å². The summed E-state index contributed by atoms with van der Waals surface area (Å²) in [4.78, 5) is 0. The van der Waals surface area contributed by atoms with Crippen LogP contribution in [0.15, 0.2) is 0 Å². The first-order valence-electron chi connectivity index (χ1n) is 6.44. The van der Waals surface area contributed by atoms with Crippen molar-refractivity contribution < 1.29 is 0 Å². The highest BCUT2D eigenvalue weighted by atomic mass is 32.2. The van der Waals surface area contributed by atoms with Gasteiger partial charge in [0, 0.05) is 6.54 Å². The van der Waals surface area contributed by atoms with Gasteiger partial charge in [0.25, 0.3) is 0 Å². The molecule has 15 heavy (non-hydrogen) atoms. The maximum Gasteiger partial charge on any atom is 0.000760 e. The predicted octanol–water partition coefficient (Wildman–Crippen LogP) is 3.94. The van der Waals surface area contributed by atoms with E-state index >= 15 is 0 Å². The summed E-state index contributed by atoms with van der Waals surface area (Å²) in [5, 5.41) is 3.60. The lowest BCUT2D eigenvalue weighted by Crippen LogP contribution is -2.34. The van der Waals surface area contributed by atoms with E-state index in [4.69, 9.17) is 0 Å². The molecule has 2 heteroatoms. The van der Waals surface area contributed by atoms with E-state index in [1.807, 2.05) is 11.8 Å². The molecule has 0 rings (SSSR count). The van der Waals surface area contributed by atoms with E-state index < -0.39 is 0 Å². The molecule has 92 valence electrons. The van der Waals surface area contributed by atoms with E-state index in [-0.39, 0.29) is 0 Å². The molecule has 1 nitrogen and oxygen atoms in total. The number of thioether (sulfide) groups is 1. The molecule has 0 heterocycles. The van der Waals surface area contributed by atoms with Crippen LogP contribution in [0.2, 0.25) is 0 Å². The summed E-state index contributed by atoms with van der Waals surface area (Å²) in [6.07, 6.45) is 8.83. The van der Waals surface area contributed by atoms with Gasteiger partial charge in [-0.3, -0.25) is 0 Å². The van der Waals surface area contributed by atoms with Crippen LogP contribution < -0.4 is 5.32 Å². The summed E-state index contributed by atoms with van der Waals surface area (Å²) in [5.41, 5.74) is 0.560. The highest BCUT2D eigenvalue weighted by molar-refractivity contribution is 7.98. The summed E-state index contributed by atoms with van der Waals surface area (Å²) in [6, 6.07) is 0. The van der Waals surface area contributed by atoms with Crippen molar-refractivity contribution >= 4 is 11.8 Å². The molecule has 0 bridgehead atoms. The minimum absolute atomic E-state index is 0.560. The summed E-state index contributed by atoms with van der Waals surface area (Å²) >= 11 is 1.97. The zero-order valence-electron chi connectivity index (χ0n) is 11.1. The Kier molecular flexibility index (Phi) is 9.73. The molecule has 0 aliphatic heterocycles. The summed E-state index contributed by atoms with van der Waals surface area (Å²) in [5.74, 6) is 1.32. The molecule has 0 aromatic rings. The third kappa shape index (κ3) is 6.47. The van der Waals surface area contributed by atoms with Gasteiger partial charge >= 0.3 is 0 Å². The molecular formula is C13H29NS. The fourth-order valence-electron chi connectivity index (χ4n) is 2.06. The quantitative estimate of drug-likeness (QED) is 0.572. The van der Waals surface area contributed by atoms with Crippen molar-refractivity contribution in [3.05, 3.63) is 0 Å². The van der Waals surface area contributed by atoms with Crippen molar-refractivity contribution in [2.45, 2.75) is 52.9 Å². The van der Waals surface area contributed by atoms with Crippen LogP contribution in [0.5, 0.6) is 0 Å². The number of hydrogen-bond donors (Lipinski definition) is 1. The largest absolute Gasteiger partial charge is 0.316 e. The first kappa shape index (κ1) is 15.3. The Balaban J connectivity index is 3.93. The van der Waals surface area contributed by atoms with Gasteiger partial charge in [0.05, 0.1) is 0 Å². The highest BCUT2D eigenvalue weighted by Gasteiger charge is 2.24. The third-order valence-electron chi connectivity index (χ3n) is 3.48. The Hall–Kier alpha value is 0.310. The molecule has 1 N–H and O–H groups in total. The Labute approximate surface area is 101 Å². The predicted molar refractivity (Wildman–Crippen MR) is 73.8 cm³/mol. The highest BCUT2D eigenvalue weighted by Crippen LogP contribution is 2.31. The van der Waals surface area contributed by atoms with Gasteiger partial charge in [-0.15, -0.1) is 0 Å². The molecule has 0 spiro atoms. The summed E-state index contributed by atoms with van der Waals surface area (Å²) < 4.78 is 0. The van der Waals surface area contributed by atoms with Gasteiger partial charge < -0.3 is 5.32 Å². The maximum absolute atomic E-state index is 3.60. The zero-order valence-corrected chi connectivity index (χ0v) is 11.9. The molecule has 0 atom stereocenters. The van der Waals surface area contributed by atoms with E-state index in [1.165, 1.54) is 50.9 Å². The second-order valence-corrected chi connectivity index (χ2v) is 5.47. The lowest BCUT2D eigenvalue weighted by Gasteiger charge is -2.32. The monoisotopic (exact) mass is 231 g/mol.